The molecule has 2 aromatic rings. The standard InChI is InChI=1S/C24H32N8O3/c1-5-31(21-14-35-23(34)18(21)3)17(2)10-24(15-33)8-6-20(7-9-24)30(4)13-19-11-26-22(12-25-19)32-16-27-28-29-32/h5,11-12,15-17,20H,1,6-10,13-14H2,2-4H3/t17-,20?,24?/m0/s1. The van der Waals surface area contributed by atoms with Crippen molar-refractivity contribution in [3.8, 4) is 5.82 Å². The van der Waals surface area contributed by atoms with Crippen LogP contribution in [-0.2, 0) is 20.9 Å². The molecule has 0 N–H and O–H groups in total. The van der Waals surface area contributed by atoms with E-state index >= 15 is 0 Å². The number of esters is 1. The van der Waals surface area contributed by atoms with Crippen molar-refractivity contribution in [1.82, 2.24) is 40.0 Å². The predicted molar refractivity (Wildman–Crippen MR) is 127 cm³/mol. The summed E-state index contributed by atoms with van der Waals surface area (Å²) in [5, 5.41) is 11.0. The second-order valence-corrected chi connectivity index (χ2v) is 9.54. The maximum absolute atomic E-state index is 12.3. The number of ether oxygens (including phenoxy) is 1. The first-order valence-corrected chi connectivity index (χ1v) is 11.8. The summed E-state index contributed by atoms with van der Waals surface area (Å²) in [5.74, 6) is 0.277. The van der Waals surface area contributed by atoms with Crippen LogP contribution in [0.3, 0.4) is 0 Å². The molecular formula is C24H32N8O3. The summed E-state index contributed by atoms with van der Waals surface area (Å²) >= 11 is 0. The van der Waals surface area contributed by atoms with Crippen LogP contribution in [0.5, 0.6) is 0 Å². The van der Waals surface area contributed by atoms with E-state index in [2.05, 4.69) is 50.9 Å². The maximum atomic E-state index is 12.3. The number of carbonyl (C=O) groups excluding carboxylic acids is 2. The Labute approximate surface area is 204 Å². The van der Waals surface area contributed by atoms with E-state index in [0.29, 0.717) is 30.4 Å². The highest BCUT2D eigenvalue weighted by molar-refractivity contribution is 5.90. The van der Waals surface area contributed by atoms with Crippen LogP contribution < -0.4 is 0 Å². The number of nitrogens with zero attached hydrogens (tertiary/aromatic N) is 8. The fourth-order valence-electron chi connectivity index (χ4n) is 5.17. The van der Waals surface area contributed by atoms with Gasteiger partial charge in [0.05, 0.1) is 29.4 Å². The van der Waals surface area contributed by atoms with E-state index in [1.165, 1.54) is 11.0 Å². The normalized spacial score (nSPS) is 23.3. The largest absolute Gasteiger partial charge is 0.456 e. The van der Waals surface area contributed by atoms with Crippen LogP contribution in [0.25, 0.3) is 5.82 Å². The molecule has 3 heterocycles. The van der Waals surface area contributed by atoms with Crippen LogP contribution in [0.2, 0.25) is 0 Å². The number of cyclic esters (lactones) is 1. The van der Waals surface area contributed by atoms with E-state index in [1.54, 1.807) is 25.5 Å². The first-order chi connectivity index (χ1) is 16.9. The highest BCUT2D eigenvalue weighted by Crippen LogP contribution is 2.41. The number of hydrogen-bond donors (Lipinski definition) is 0. The smallest absolute Gasteiger partial charge is 0.336 e. The average Bonchev–Trinajstić information content (AvgIpc) is 3.52. The van der Waals surface area contributed by atoms with E-state index in [0.717, 1.165) is 43.4 Å². The lowest BCUT2D eigenvalue weighted by atomic mass is 9.69. The topological polar surface area (TPSA) is 119 Å². The van der Waals surface area contributed by atoms with E-state index < -0.39 is 0 Å². The number of tetrazole rings is 1. The van der Waals surface area contributed by atoms with Crippen LogP contribution >= 0.6 is 0 Å². The zero-order valence-corrected chi connectivity index (χ0v) is 20.5. The Kier molecular flexibility index (Phi) is 7.34. The average molecular weight is 481 g/mol. The van der Waals surface area contributed by atoms with Crippen molar-refractivity contribution in [2.24, 2.45) is 5.41 Å². The van der Waals surface area contributed by atoms with Crippen LogP contribution in [0, 0.1) is 5.41 Å². The van der Waals surface area contributed by atoms with Gasteiger partial charge < -0.3 is 14.4 Å². The van der Waals surface area contributed by atoms with Gasteiger partial charge in [-0.1, -0.05) is 6.58 Å². The number of hydrogen-bond acceptors (Lipinski definition) is 10. The van der Waals surface area contributed by atoms with Gasteiger partial charge in [0.15, 0.2) is 5.82 Å². The maximum Gasteiger partial charge on any atom is 0.336 e. The van der Waals surface area contributed by atoms with Gasteiger partial charge in [0.25, 0.3) is 0 Å². The van der Waals surface area contributed by atoms with Gasteiger partial charge in [-0.25, -0.2) is 9.78 Å². The Morgan fingerprint density at radius 1 is 1.31 bits per heavy atom. The molecule has 1 atom stereocenters. The molecule has 0 unspecified atom stereocenters. The summed E-state index contributed by atoms with van der Waals surface area (Å²) in [6.07, 6.45) is 11.9. The second-order valence-electron chi connectivity index (χ2n) is 9.54. The summed E-state index contributed by atoms with van der Waals surface area (Å²) in [5.41, 5.74) is 1.92. The van der Waals surface area contributed by atoms with Crippen molar-refractivity contribution < 1.29 is 14.3 Å². The summed E-state index contributed by atoms with van der Waals surface area (Å²) in [6, 6.07) is 0.390. The third-order valence-electron chi connectivity index (χ3n) is 7.28. The van der Waals surface area contributed by atoms with Gasteiger partial charge >= 0.3 is 5.97 Å². The minimum absolute atomic E-state index is 0.0282. The molecule has 35 heavy (non-hydrogen) atoms. The third kappa shape index (κ3) is 5.29. The fourth-order valence-corrected chi connectivity index (χ4v) is 5.17. The Hall–Kier alpha value is -3.47. The van der Waals surface area contributed by atoms with Crippen molar-refractivity contribution in [3.05, 3.63) is 48.5 Å². The van der Waals surface area contributed by atoms with Crippen molar-refractivity contribution in [1.29, 1.82) is 0 Å². The van der Waals surface area contributed by atoms with Gasteiger partial charge in [-0.15, -0.1) is 5.10 Å². The molecule has 1 aliphatic heterocycles. The second kappa shape index (κ2) is 10.4. The SMILES string of the molecule is C=CN(C1=C(C)C(=O)OC1)[C@@H](C)CC1(C=O)CCC(N(C)Cc2cnc(-n3cnnn3)cn2)CC1. The molecule has 1 aliphatic carbocycles. The lowest BCUT2D eigenvalue weighted by molar-refractivity contribution is -0.136. The zero-order valence-electron chi connectivity index (χ0n) is 20.5. The molecule has 11 heteroatoms. The first-order valence-electron chi connectivity index (χ1n) is 11.8. The number of carbonyl (C=O) groups is 2. The van der Waals surface area contributed by atoms with Gasteiger partial charge in [0, 0.05) is 24.0 Å². The summed E-state index contributed by atoms with van der Waals surface area (Å²) in [4.78, 5) is 37.3. The quantitative estimate of drug-likeness (QED) is 0.369. The van der Waals surface area contributed by atoms with Gasteiger partial charge in [0.1, 0.15) is 19.2 Å². The van der Waals surface area contributed by atoms with E-state index in [4.69, 9.17) is 4.74 Å². The molecule has 4 rings (SSSR count). The van der Waals surface area contributed by atoms with Crippen LogP contribution in [0.1, 0.15) is 51.6 Å². The highest BCUT2D eigenvalue weighted by Gasteiger charge is 2.39. The van der Waals surface area contributed by atoms with Crippen molar-refractivity contribution >= 4 is 12.3 Å². The van der Waals surface area contributed by atoms with Crippen molar-refractivity contribution in [3.63, 3.8) is 0 Å². The van der Waals surface area contributed by atoms with E-state index in [-0.39, 0.29) is 24.0 Å². The van der Waals surface area contributed by atoms with E-state index in [9.17, 15) is 9.59 Å². The molecular weight excluding hydrogens is 448 g/mol. The van der Waals surface area contributed by atoms with E-state index in [1.807, 2.05) is 4.90 Å². The minimum atomic E-state index is -0.386. The summed E-state index contributed by atoms with van der Waals surface area (Å²) < 4.78 is 6.63. The lowest BCUT2D eigenvalue weighted by Crippen LogP contribution is -2.42. The molecule has 11 nitrogen and oxygen atoms in total. The van der Waals surface area contributed by atoms with Crippen molar-refractivity contribution in [2.75, 3.05) is 13.7 Å². The molecule has 186 valence electrons. The minimum Gasteiger partial charge on any atom is -0.456 e. The van der Waals surface area contributed by atoms with Gasteiger partial charge in [0.2, 0.25) is 0 Å². The monoisotopic (exact) mass is 480 g/mol. The first kappa shape index (κ1) is 24.6. The number of rotatable bonds is 10. The molecule has 2 aromatic heterocycles. The number of aromatic nitrogens is 6. The molecule has 2 aliphatic rings. The third-order valence-corrected chi connectivity index (χ3v) is 7.28. The summed E-state index contributed by atoms with van der Waals surface area (Å²) in [7, 11) is 2.09. The molecule has 1 fully saturated rings. The fraction of sp³-hybridized carbons (Fsp3) is 0.542. The van der Waals surface area contributed by atoms with Crippen LogP contribution in [0.4, 0.5) is 0 Å². The lowest BCUT2D eigenvalue weighted by Gasteiger charge is -2.42. The van der Waals surface area contributed by atoms with Gasteiger partial charge in [-0.05, 0) is 69.6 Å². The Balaban J connectivity index is 1.34. The molecule has 0 bridgehead atoms. The summed E-state index contributed by atoms with van der Waals surface area (Å²) in [6.45, 7) is 8.70. The molecule has 0 saturated heterocycles. The highest BCUT2D eigenvalue weighted by atomic mass is 16.5. The van der Waals surface area contributed by atoms with Crippen molar-refractivity contribution in [2.45, 2.75) is 64.6 Å². The Bertz CT molecular complexity index is 1070. The van der Waals surface area contributed by atoms with Crippen LogP contribution in [-0.4, -0.2) is 78.0 Å². The zero-order chi connectivity index (χ0) is 25.0. The molecule has 0 amide bonds. The Morgan fingerprint density at radius 2 is 2.09 bits per heavy atom. The molecule has 1 saturated carbocycles. The molecule has 0 radical (unpaired) electrons. The van der Waals surface area contributed by atoms with Crippen LogP contribution in [0.15, 0.2) is 42.8 Å². The molecule has 0 aromatic carbocycles. The molecule has 0 spiro atoms. The predicted octanol–water partition coefficient (Wildman–Crippen LogP) is 2.07. The van der Waals surface area contributed by atoms with Gasteiger partial charge in [-0.3, -0.25) is 9.88 Å². The Morgan fingerprint density at radius 3 is 2.63 bits per heavy atom. The van der Waals surface area contributed by atoms with Gasteiger partial charge in [-0.2, -0.15) is 4.68 Å². The number of aldehydes is 1.